The summed E-state index contributed by atoms with van der Waals surface area (Å²) >= 11 is 26.1. The molecule has 0 spiro atoms. The predicted octanol–water partition coefficient (Wildman–Crippen LogP) is 5.97. The minimum Gasteiger partial charge on any atom is -0.254 e. The number of pyridine rings is 1. The van der Waals surface area contributed by atoms with E-state index in [1.54, 1.807) is 24.4 Å². The van der Waals surface area contributed by atoms with Crippen molar-refractivity contribution in [1.29, 1.82) is 0 Å². The predicted molar refractivity (Wildman–Crippen MR) is 82.4 cm³/mol. The number of nitrogens with zero attached hydrogens (tertiary/aromatic N) is 1. The van der Waals surface area contributed by atoms with Crippen molar-refractivity contribution in [3.05, 3.63) is 48.1 Å². The van der Waals surface area contributed by atoms with Crippen LogP contribution in [0.3, 0.4) is 0 Å². The van der Waals surface area contributed by atoms with Gasteiger partial charge in [-0.3, -0.25) is 4.98 Å². The van der Waals surface area contributed by atoms with Crippen LogP contribution in [0.4, 0.5) is 0 Å². The Bertz CT molecular complexity index is 586. The lowest BCUT2D eigenvalue weighted by Gasteiger charge is -2.08. The van der Waals surface area contributed by atoms with E-state index in [4.69, 9.17) is 46.4 Å². The normalized spacial score (nSPS) is 10.6. The second kappa shape index (κ2) is 5.49. The molecule has 88 valence electrons. The average molecular weight is 419 g/mol. The van der Waals surface area contributed by atoms with Crippen LogP contribution in [0.15, 0.2) is 24.4 Å². The zero-order valence-electron chi connectivity index (χ0n) is 8.15. The maximum Gasteiger partial charge on any atom is 0.0852 e. The van der Waals surface area contributed by atoms with Crippen LogP contribution in [0.1, 0.15) is 0 Å². The molecule has 1 aromatic carbocycles. The summed E-state index contributed by atoms with van der Waals surface area (Å²) in [6.45, 7) is 0. The monoisotopic (exact) mass is 417 g/mol. The van der Waals surface area contributed by atoms with Crippen LogP contribution in [0.25, 0.3) is 11.3 Å². The Labute approximate surface area is 132 Å². The Morgan fingerprint density at radius 2 is 1.65 bits per heavy atom. The Hall–Kier alpha value is 0.260. The number of halogens is 5. The summed E-state index contributed by atoms with van der Waals surface area (Å²) in [5.41, 5.74) is 1.41. The van der Waals surface area contributed by atoms with Gasteiger partial charge in [0, 0.05) is 20.4 Å². The van der Waals surface area contributed by atoms with Crippen molar-refractivity contribution in [2.24, 2.45) is 0 Å². The van der Waals surface area contributed by atoms with Crippen LogP contribution in [0.5, 0.6) is 0 Å². The fourth-order valence-corrected chi connectivity index (χ4v) is 3.14. The smallest absolute Gasteiger partial charge is 0.0852 e. The van der Waals surface area contributed by atoms with Gasteiger partial charge in [-0.1, -0.05) is 46.4 Å². The molecule has 0 amide bonds. The first-order chi connectivity index (χ1) is 7.99. The van der Waals surface area contributed by atoms with E-state index in [0.717, 1.165) is 3.57 Å². The van der Waals surface area contributed by atoms with Gasteiger partial charge in [-0.15, -0.1) is 0 Å². The molecule has 6 heteroatoms. The van der Waals surface area contributed by atoms with Gasteiger partial charge in [-0.2, -0.15) is 0 Å². The molecule has 0 bridgehead atoms. The maximum absolute atomic E-state index is 6.14. The highest BCUT2D eigenvalue weighted by Crippen LogP contribution is 2.37. The standard InChI is InChI=1S/C11H4Cl4IN/c12-5-1-7(10(15)8(14)2-5)11-9(16)3-6(13)4-17-11/h1-4H. The van der Waals surface area contributed by atoms with Crippen LogP contribution < -0.4 is 0 Å². The second-order valence-electron chi connectivity index (χ2n) is 3.23. The molecule has 0 N–H and O–H groups in total. The average Bonchev–Trinajstić information content (AvgIpc) is 2.24. The lowest BCUT2D eigenvalue weighted by molar-refractivity contribution is 1.31. The molecule has 0 aliphatic carbocycles. The number of hydrogen-bond donors (Lipinski definition) is 0. The van der Waals surface area contributed by atoms with Gasteiger partial charge in [-0.25, -0.2) is 0 Å². The van der Waals surface area contributed by atoms with Crippen molar-refractivity contribution in [3.8, 4) is 11.3 Å². The van der Waals surface area contributed by atoms with Crippen LogP contribution >= 0.6 is 69.0 Å². The molecule has 2 aromatic rings. The van der Waals surface area contributed by atoms with E-state index in [2.05, 4.69) is 27.6 Å². The SMILES string of the molecule is Clc1cnc(-c2cc(Cl)cc(Cl)c2Cl)c(I)c1. The summed E-state index contributed by atoms with van der Waals surface area (Å²) in [4.78, 5) is 4.25. The van der Waals surface area contributed by atoms with Crippen molar-refractivity contribution >= 4 is 69.0 Å². The Morgan fingerprint density at radius 1 is 0.941 bits per heavy atom. The van der Waals surface area contributed by atoms with Crippen LogP contribution in [0, 0.1) is 3.57 Å². The van der Waals surface area contributed by atoms with Gasteiger partial charge in [-0.05, 0) is 40.8 Å². The molecule has 17 heavy (non-hydrogen) atoms. The first-order valence-electron chi connectivity index (χ1n) is 4.45. The van der Waals surface area contributed by atoms with E-state index >= 15 is 0 Å². The first-order valence-corrected chi connectivity index (χ1v) is 7.04. The number of rotatable bonds is 1. The molecule has 0 radical (unpaired) electrons. The molecule has 1 heterocycles. The molecule has 2 rings (SSSR count). The van der Waals surface area contributed by atoms with E-state index in [0.29, 0.717) is 31.3 Å². The molecule has 1 aromatic heterocycles. The fourth-order valence-electron chi connectivity index (χ4n) is 1.34. The highest BCUT2D eigenvalue weighted by Gasteiger charge is 2.13. The summed E-state index contributed by atoms with van der Waals surface area (Å²) in [6.07, 6.45) is 1.56. The van der Waals surface area contributed by atoms with Gasteiger partial charge >= 0.3 is 0 Å². The van der Waals surface area contributed by atoms with Crippen LogP contribution in [-0.4, -0.2) is 4.98 Å². The number of benzene rings is 1. The van der Waals surface area contributed by atoms with Crippen molar-refractivity contribution in [1.82, 2.24) is 4.98 Å². The third-order valence-electron chi connectivity index (χ3n) is 2.06. The quantitative estimate of drug-likeness (QED) is 0.411. The fraction of sp³-hybridized carbons (Fsp3) is 0. The molecular formula is C11H4Cl4IN. The van der Waals surface area contributed by atoms with Gasteiger partial charge in [0.05, 0.1) is 20.8 Å². The van der Waals surface area contributed by atoms with Gasteiger partial charge in [0.25, 0.3) is 0 Å². The van der Waals surface area contributed by atoms with Crippen molar-refractivity contribution < 1.29 is 0 Å². The Morgan fingerprint density at radius 3 is 2.29 bits per heavy atom. The third kappa shape index (κ3) is 2.99. The first kappa shape index (κ1) is 13.7. The summed E-state index contributed by atoms with van der Waals surface area (Å²) in [7, 11) is 0. The van der Waals surface area contributed by atoms with E-state index in [1.165, 1.54) is 0 Å². The molecule has 0 aliphatic rings. The van der Waals surface area contributed by atoms with E-state index in [-0.39, 0.29) is 0 Å². The molecule has 0 unspecified atom stereocenters. The van der Waals surface area contributed by atoms with Gasteiger partial charge < -0.3 is 0 Å². The summed E-state index contributed by atoms with van der Waals surface area (Å²) in [5.74, 6) is 0. The lowest BCUT2D eigenvalue weighted by Crippen LogP contribution is -1.89. The summed E-state index contributed by atoms with van der Waals surface area (Å²) < 4.78 is 0.885. The minimum absolute atomic E-state index is 0.404. The molecule has 1 nitrogen and oxygen atoms in total. The summed E-state index contributed by atoms with van der Waals surface area (Å²) in [6, 6.07) is 5.13. The maximum atomic E-state index is 6.14. The molecule has 0 aliphatic heterocycles. The van der Waals surface area contributed by atoms with Gasteiger partial charge in [0.2, 0.25) is 0 Å². The Kier molecular flexibility index (Phi) is 4.42. The summed E-state index contributed by atoms with van der Waals surface area (Å²) in [5, 5.41) is 1.93. The largest absolute Gasteiger partial charge is 0.254 e. The zero-order chi connectivity index (χ0) is 12.6. The number of hydrogen-bond acceptors (Lipinski definition) is 1. The molecule has 0 saturated carbocycles. The van der Waals surface area contributed by atoms with E-state index in [9.17, 15) is 0 Å². The van der Waals surface area contributed by atoms with Crippen molar-refractivity contribution in [3.63, 3.8) is 0 Å². The van der Waals surface area contributed by atoms with Crippen molar-refractivity contribution in [2.75, 3.05) is 0 Å². The van der Waals surface area contributed by atoms with Crippen LogP contribution in [-0.2, 0) is 0 Å². The molecule has 0 atom stereocenters. The molecule has 0 saturated heterocycles. The van der Waals surface area contributed by atoms with E-state index in [1.807, 2.05) is 0 Å². The van der Waals surface area contributed by atoms with Gasteiger partial charge in [0.1, 0.15) is 0 Å². The topological polar surface area (TPSA) is 12.9 Å². The highest BCUT2D eigenvalue weighted by atomic mass is 127. The highest BCUT2D eigenvalue weighted by molar-refractivity contribution is 14.1. The van der Waals surface area contributed by atoms with Gasteiger partial charge in [0.15, 0.2) is 0 Å². The minimum atomic E-state index is 0.404. The lowest BCUT2D eigenvalue weighted by atomic mass is 10.1. The van der Waals surface area contributed by atoms with E-state index < -0.39 is 0 Å². The second-order valence-corrected chi connectivity index (χ2v) is 6.05. The molecule has 0 fully saturated rings. The zero-order valence-corrected chi connectivity index (χ0v) is 13.3. The third-order valence-corrected chi connectivity index (χ3v) is 4.11. The number of aromatic nitrogens is 1. The van der Waals surface area contributed by atoms with Crippen molar-refractivity contribution in [2.45, 2.75) is 0 Å². The van der Waals surface area contributed by atoms with Crippen LogP contribution in [0.2, 0.25) is 20.1 Å². The Balaban J connectivity index is 2.68. The molecular weight excluding hydrogens is 415 g/mol.